The van der Waals surface area contributed by atoms with Crippen LogP contribution in [0.1, 0.15) is 37.0 Å². The summed E-state index contributed by atoms with van der Waals surface area (Å²) in [6, 6.07) is 0.967. The zero-order chi connectivity index (χ0) is 20.7. The van der Waals surface area contributed by atoms with Crippen LogP contribution in [0.5, 0.6) is 0 Å². The Balaban J connectivity index is 3.12. The van der Waals surface area contributed by atoms with E-state index in [2.05, 4.69) is 5.32 Å². The van der Waals surface area contributed by atoms with Gasteiger partial charge in [0.15, 0.2) is 0 Å². The number of amides is 1. The van der Waals surface area contributed by atoms with E-state index in [1.165, 1.54) is 0 Å². The number of carboxylic acids is 1. The molecule has 2 N–H and O–H groups in total. The number of hydrogen-bond acceptors (Lipinski definition) is 8. The van der Waals surface area contributed by atoms with Gasteiger partial charge in [0.1, 0.15) is 6.04 Å². The van der Waals surface area contributed by atoms with Crippen LogP contribution in [0.25, 0.3) is 0 Å². The number of esters is 1. The third-order valence-electron chi connectivity index (χ3n) is 3.17. The third-order valence-corrected chi connectivity index (χ3v) is 3.17. The van der Waals surface area contributed by atoms with Crippen LogP contribution in [0, 0.1) is 20.2 Å². The molecule has 0 radical (unpaired) electrons. The van der Waals surface area contributed by atoms with E-state index in [9.17, 15) is 34.6 Å². The number of aliphatic carboxylic acids is 1. The molecule has 27 heavy (non-hydrogen) atoms. The number of ether oxygens (including phenoxy) is 1. The van der Waals surface area contributed by atoms with Gasteiger partial charge in [-0.3, -0.25) is 29.8 Å². The maximum absolute atomic E-state index is 12.3. The first kappa shape index (κ1) is 21.5. The number of benzene rings is 1. The van der Waals surface area contributed by atoms with Crippen LogP contribution in [0.3, 0.4) is 0 Å². The number of non-ortho nitro benzene ring substituents is 2. The predicted octanol–water partition coefficient (Wildman–Crippen LogP) is 1.42. The molecule has 0 aromatic heterocycles. The second-order valence-corrected chi connectivity index (χ2v) is 5.70. The van der Waals surface area contributed by atoms with Crippen LogP contribution in [-0.2, 0) is 14.3 Å². The molecule has 1 atom stereocenters. The molecule has 0 fully saturated rings. The Morgan fingerprint density at radius 2 is 1.63 bits per heavy atom. The number of rotatable bonds is 9. The maximum atomic E-state index is 12.3. The first-order chi connectivity index (χ1) is 12.5. The standard InChI is InChI=1S/C15H17N3O9/c1-8(2)27-15(22)12(3-4-13(19)20)16-14(21)9-5-10(17(23)24)7-11(6-9)18(25)26/h5-8,12H,3-4H2,1-2H3,(H,16,21)(H,19,20)/t12-/m1/s1. The van der Waals surface area contributed by atoms with Crippen molar-refractivity contribution in [3.8, 4) is 0 Å². The van der Waals surface area contributed by atoms with E-state index in [-0.39, 0.29) is 6.42 Å². The highest BCUT2D eigenvalue weighted by Crippen LogP contribution is 2.23. The quantitative estimate of drug-likeness (QED) is 0.362. The van der Waals surface area contributed by atoms with Crippen molar-refractivity contribution in [1.82, 2.24) is 5.32 Å². The summed E-state index contributed by atoms with van der Waals surface area (Å²) in [5, 5.41) is 32.7. The Morgan fingerprint density at radius 1 is 1.11 bits per heavy atom. The average molecular weight is 383 g/mol. The summed E-state index contributed by atoms with van der Waals surface area (Å²) in [5.74, 6) is -3.12. The second-order valence-electron chi connectivity index (χ2n) is 5.70. The molecular weight excluding hydrogens is 366 g/mol. The van der Waals surface area contributed by atoms with Gasteiger partial charge < -0.3 is 15.2 Å². The van der Waals surface area contributed by atoms with Crippen molar-refractivity contribution >= 4 is 29.2 Å². The van der Waals surface area contributed by atoms with E-state index in [1.54, 1.807) is 13.8 Å². The average Bonchev–Trinajstić information content (AvgIpc) is 2.56. The van der Waals surface area contributed by atoms with Crippen LogP contribution in [0.4, 0.5) is 11.4 Å². The van der Waals surface area contributed by atoms with Gasteiger partial charge in [0, 0.05) is 18.6 Å². The van der Waals surface area contributed by atoms with Gasteiger partial charge in [-0.2, -0.15) is 0 Å². The van der Waals surface area contributed by atoms with E-state index in [0.717, 1.165) is 12.1 Å². The number of hydrogen-bond donors (Lipinski definition) is 2. The van der Waals surface area contributed by atoms with Gasteiger partial charge in [0.2, 0.25) is 0 Å². The molecule has 146 valence electrons. The van der Waals surface area contributed by atoms with Crippen LogP contribution in [-0.4, -0.2) is 44.9 Å². The first-order valence-electron chi connectivity index (χ1n) is 7.68. The summed E-state index contributed by atoms with van der Waals surface area (Å²) in [5.41, 5.74) is -1.78. The molecule has 0 aliphatic rings. The molecule has 0 bridgehead atoms. The molecule has 12 nitrogen and oxygen atoms in total. The number of carbonyl (C=O) groups is 3. The lowest BCUT2D eigenvalue weighted by molar-refractivity contribution is -0.394. The molecular formula is C15H17N3O9. The molecule has 0 aliphatic carbocycles. The maximum Gasteiger partial charge on any atom is 0.328 e. The molecule has 1 aromatic rings. The number of nitro benzene ring substituents is 2. The SMILES string of the molecule is CC(C)OC(=O)[C@@H](CCC(=O)O)NC(=O)c1cc([N+](=O)[O-])cc([N+](=O)[O-])c1. The van der Waals surface area contributed by atoms with Gasteiger partial charge in [-0.25, -0.2) is 4.79 Å². The molecule has 1 amide bonds. The topological polar surface area (TPSA) is 179 Å². The van der Waals surface area contributed by atoms with Gasteiger partial charge in [-0.15, -0.1) is 0 Å². The van der Waals surface area contributed by atoms with Gasteiger partial charge in [0.25, 0.3) is 17.3 Å². The van der Waals surface area contributed by atoms with Crippen molar-refractivity contribution in [3.63, 3.8) is 0 Å². The minimum absolute atomic E-state index is 0.288. The lowest BCUT2D eigenvalue weighted by Crippen LogP contribution is -2.43. The summed E-state index contributed by atoms with van der Waals surface area (Å²) in [4.78, 5) is 55.1. The Morgan fingerprint density at radius 3 is 2.04 bits per heavy atom. The van der Waals surface area contributed by atoms with Crippen molar-refractivity contribution < 1.29 is 34.1 Å². The number of nitro groups is 2. The molecule has 0 saturated heterocycles. The Hall–Kier alpha value is -3.57. The summed E-state index contributed by atoms with van der Waals surface area (Å²) >= 11 is 0. The summed E-state index contributed by atoms with van der Waals surface area (Å²) in [7, 11) is 0. The molecule has 1 rings (SSSR count). The highest BCUT2D eigenvalue weighted by atomic mass is 16.6. The van der Waals surface area contributed by atoms with E-state index >= 15 is 0 Å². The van der Waals surface area contributed by atoms with Crippen LogP contribution >= 0.6 is 0 Å². The van der Waals surface area contributed by atoms with Gasteiger partial charge in [-0.05, 0) is 20.3 Å². The Kier molecular flexibility index (Phi) is 7.33. The van der Waals surface area contributed by atoms with Gasteiger partial charge in [0.05, 0.1) is 27.6 Å². The Bertz CT molecular complexity index is 744. The summed E-state index contributed by atoms with van der Waals surface area (Å²) in [6.45, 7) is 3.11. The summed E-state index contributed by atoms with van der Waals surface area (Å²) < 4.78 is 4.94. The van der Waals surface area contributed by atoms with E-state index in [4.69, 9.17) is 9.84 Å². The fourth-order valence-corrected chi connectivity index (χ4v) is 2.01. The third kappa shape index (κ3) is 6.68. The predicted molar refractivity (Wildman–Crippen MR) is 89.1 cm³/mol. The molecule has 1 aromatic carbocycles. The first-order valence-corrected chi connectivity index (χ1v) is 7.68. The molecule has 0 spiro atoms. The lowest BCUT2D eigenvalue weighted by Gasteiger charge is -2.18. The second kappa shape index (κ2) is 9.22. The zero-order valence-corrected chi connectivity index (χ0v) is 14.4. The monoisotopic (exact) mass is 383 g/mol. The normalized spacial score (nSPS) is 11.5. The van der Waals surface area contributed by atoms with Crippen molar-refractivity contribution in [2.24, 2.45) is 0 Å². The van der Waals surface area contributed by atoms with Gasteiger partial charge in [-0.1, -0.05) is 0 Å². The Labute approximate surface area is 152 Å². The van der Waals surface area contributed by atoms with Crippen molar-refractivity contribution in [1.29, 1.82) is 0 Å². The zero-order valence-electron chi connectivity index (χ0n) is 14.4. The van der Waals surface area contributed by atoms with Crippen LogP contribution in [0.15, 0.2) is 18.2 Å². The molecule has 12 heteroatoms. The molecule has 0 aliphatic heterocycles. The van der Waals surface area contributed by atoms with Crippen molar-refractivity contribution in [2.75, 3.05) is 0 Å². The lowest BCUT2D eigenvalue weighted by atomic mass is 10.1. The minimum Gasteiger partial charge on any atom is -0.481 e. The van der Waals surface area contributed by atoms with Crippen LogP contribution in [0.2, 0.25) is 0 Å². The summed E-state index contributed by atoms with van der Waals surface area (Å²) in [6.07, 6.45) is -1.27. The van der Waals surface area contributed by atoms with E-state index in [0.29, 0.717) is 6.07 Å². The van der Waals surface area contributed by atoms with E-state index < -0.39 is 63.2 Å². The van der Waals surface area contributed by atoms with Crippen LogP contribution < -0.4 is 5.32 Å². The number of nitrogens with one attached hydrogen (secondary N) is 1. The number of carboxylic acid groups (broad SMARTS) is 1. The van der Waals surface area contributed by atoms with Crippen molar-refractivity contribution in [3.05, 3.63) is 44.0 Å². The fraction of sp³-hybridized carbons (Fsp3) is 0.400. The van der Waals surface area contributed by atoms with Crippen molar-refractivity contribution in [2.45, 2.75) is 38.8 Å². The largest absolute Gasteiger partial charge is 0.481 e. The van der Waals surface area contributed by atoms with E-state index in [1.807, 2.05) is 0 Å². The molecule has 0 heterocycles. The highest BCUT2D eigenvalue weighted by Gasteiger charge is 2.26. The highest BCUT2D eigenvalue weighted by molar-refractivity contribution is 5.98. The molecule has 0 unspecified atom stereocenters. The number of carbonyl (C=O) groups excluding carboxylic acids is 2. The molecule has 0 saturated carbocycles. The minimum atomic E-state index is -1.34. The fourth-order valence-electron chi connectivity index (χ4n) is 2.01. The number of nitrogens with zero attached hydrogens (tertiary/aromatic N) is 2. The smallest absolute Gasteiger partial charge is 0.328 e. The van der Waals surface area contributed by atoms with Gasteiger partial charge >= 0.3 is 11.9 Å².